The number of ether oxygens (including phenoxy) is 4. The highest BCUT2D eigenvalue weighted by molar-refractivity contribution is 6.03. The Labute approximate surface area is 138 Å². The number of benzene rings is 2. The van der Waals surface area contributed by atoms with Crippen molar-refractivity contribution >= 4 is 21.8 Å². The van der Waals surface area contributed by atoms with E-state index < -0.39 is 0 Å². The van der Waals surface area contributed by atoms with Crippen LogP contribution < -0.4 is 24.4 Å². The number of fused-ring (bicyclic) bond motifs is 4. The Hall–Kier alpha value is -2.89. The highest BCUT2D eigenvalue weighted by Gasteiger charge is 2.31. The van der Waals surface area contributed by atoms with E-state index in [1.165, 1.54) is 7.11 Å². The van der Waals surface area contributed by atoms with Crippen LogP contribution in [0.3, 0.4) is 0 Å². The molecule has 3 aromatic rings. The fraction of sp³-hybridized carbons (Fsp3) is 0.278. The summed E-state index contributed by atoms with van der Waals surface area (Å²) in [6.07, 6.45) is 0. The summed E-state index contributed by atoms with van der Waals surface area (Å²) < 4.78 is 24.4. The first-order valence-corrected chi connectivity index (χ1v) is 7.72. The van der Waals surface area contributed by atoms with Crippen molar-refractivity contribution in [3.05, 3.63) is 34.5 Å². The smallest absolute Gasteiger partial charge is 0.231 e. The Kier molecular flexibility index (Phi) is 3.26. The van der Waals surface area contributed by atoms with E-state index in [-0.39, 0.29) is 12.2 Å². The monoisotopic (exact) mass is 327 g/mol. The van der Waals surface area contributed by atoms with Crippen LogP contribution in [0.25, 0.3) is 21.8 Å². The number of aromatic nitrogens is 1. The van der Waals surface area contributed by atoms with E-state index in [9.17, 15) is 4.79 Å². The zero-order chi connectivity index (χ0) is 16.8. The van der Waals surface area contributed by atoms with Crippen LogP contribution in [0.2, 0.25) is 0 Å². The molecule has 1 aliphatic rings. The Morgan fingerprint density at radius 2 is 1.92 bits per heavy atom. The third kappa shape index (κ3) is 1.79. The first-order valence-electron chi connectivity index (χ1n) is 7.72. The standard InChI is InChI=1S/C18H17NO5/c1-4-22-15-12-13(16-18(17(15)21-3)24-9-23-16)19(2)11-8-6-5-7-10(11)14(12)20/h5-8H,4,9H2,1-3H3. The number of hydrogen-bond acceptors (Lipinski definition) is 5. The molecule has 0 unspecified atom stereocenters. The molecule has 0 N–H and O–H groups in total. The molecule has 24 heavy (non-hydrogen) atoms. The van der Waals surface area contributed by atoms with Gasteiger partial charge < -0.3 is 23.5 Å². The Balaban J connectivity index is 2.31. The van der Waals surface area contributed by atoms with Gasteiger partial charge in [-0.25, -0.2) is 0 Å². The van der Waals surface area contributed by atoms with E-state index in [0.29, 0.717) is 45.9 Å². The number of aryl methyl sites for hydroxylation is 1. The lowest BCUT2D eigenvalue weighted by molar-refractivity contribution is 0.171. The van der Waals surface area contributed by atoms with Crippen molar-refractivity contribution in [1.29, 1.82) is 0 Å². The van der Waals surface area contributed by atoms with Crippen molar-refractivity contribution in [2.45, 2.75) is 6.92 Å². The van der Waals surface area contributed by atoms with Crippen molar-refractivity contribution in [2.75, 3.05) is 20.5 Å². The molecule has 0 spiro atoms. The van der Waals surface area contributed by atoms with Crippen LogP contribution in [0.4, 0.5) is 0 Å². The minimum atomic E-state index is -0.112. The molecule has 2 heterocycles. The maximum atomic E-state index is 13.2. The van der Waals surface area contributed by atoms with E-state index in [1.807, 2.05) is 42.8 Å². The predicted octanol–water partition coefficient (Wildman–Crippen LogP) is 2.83. The van der Waals surface area contributed by atoms with Gasteiger partial charge in [0, 0.05) is 12.4 Å². The molecule has 0 saturated carbocycles. The van der Waals surface area contributed by atoms with Gasteiger partial charge in [0.25, 0.3) is 0 Å². The molecule has 0 atom stereocenters. The molecule has 2 aromatic carbocycles. The minimum Gasteiger partial charge on any atom is -0.490 e. The van der Waals surface area contributed by atoms with Crippen LogP contribution >= 0.6 is 0 Å². The van der Waals surface area contributed by atoms with Crippen LogP contribution in [-0.2, 0) is 7.05 Å². The van der Waals surface area contributed by atoms with Gasteiger partial charge in [-0.05, 0) is 19.1 Å². The molecule has 1 aromatic heterocycles. The van der Waals surface area contributed by atoms with Gasteiger partial charge in [0.1, 0.15) is 5.52 Å². The van der Waals surface area contributed by atoms with Crippen molar-refractivity contribution < 1.29 is 18.9 Å². The molecule has 1 aliphatic heterocycles. The maximum absolute atomic E-state index is 13.2. The summed E-state index contributed by atoms with van der Waals surface area (Å²) in [7, 11) is 3.42. The second-order valence-electron chi connectivity index (χ2n) is 5.49. The summed E-state index contributed by atoms with van der Waals surface area (Å²) in [6, 6.07) is 7.46. The maximum Gasteiger partial charge on any atom is 0.231 e. The molecule has 6 heteroatoms. The quantitative estimate of drug-likeness (QED) is 0.692. The Bertz CT molecular complexity index is 1020. The fourth-order valence-corrected chi connectivity index (χ4v) is 3.27. The van der Waals surface area contributed by atoms with Gasteiger partial charge in [-0.3, -0.25) is 4.79 Å². The van der Waals surface area contributed by atoms with E-state index in [1.54, 1.807) is 0 Å². The summed E-state index contributed by atoms with van der Waals surface area (Å²) in [6.45, 7) is 2.35. The van der Waals surface area contributed by atoms with E-state index in [2.05, 4.69) is 0 Å². The second-order valence-corrected chi connectivity index (χ2v) is 5.49. The van der Waals surface area contributed by atoms with Gasteiger partial charge in [0.05, 0.1) is 24.6 Å². The zero-order valence-corrected chi connectivity index (χ0v) is 13.7. The van der Waals surface area contributed by atoms with Crippen LogP contribution in [0, 0.1) is 0 Å². The van der Waals surface area contributed by atoms with Crippen LogP contribution in [0.1, 0.15) is 6.92 Å². The van der Waals surface area contributed by atoms with Gasteiger partial charge in [-0.2, -0.15) is 0 Å². The van der Waals surface area contributed by atoms with E-state index in [4.69, 9.17) is 18.9 Å². The number of rotatable bonds is 3. The molecule has 0 aliphatic carbocycles. The Morgan fingerprint density at radius 3 is 2.67 bits per heavy atom. The molecular weight excluding hydrogens is 310 g/mol. The van der Waals surface area contributed by atoms with Gasteiger partial charge in [-0.15, -0.1) is 0 Å². The minimum absolute atomic E-state index is 0.0807. The molecule has 0 amide bonds. The van der Waals surface area contributed by atoms with Crippen molar-refractivity contribution in [3.8, 4) is 23.0 Å². The van der Waals surface area contributed by atoms with Crippen LogP contribution in [-0.4, -0.2) is 25.1 Å². The first-order chi connectivity index (χ1) is 11.7. The summed E-state index contributed by atoms with van der Waals surface area (Å²) in [5.74, 6) is 1.77. The largest absolute Gasteiger partial charge is 0.490 e. The summed E-state index contributed by atoms with van der Waals surface area (Å²) in [5.41, 5.74) is 1.36. The third-order valence-electron chi connectivity index (χ3n) is 4.27. The molecule has 0 radical (unpaired) electrons. The van der Waals surface area contributed by atoms with Crippen LogP contribution in [0.5, 0.6) is 23.0 Å². The predicted molar refractivity (Wildman–Crippen MR) is 90.5 cm³/mol. The van der Waals surface area contributed by atoms with E-state index in [0.717, 1.165) is 5.52 Å². The zero-order valence-electron chi connectivity index (χ0n) is 13.7. The lowest BCUT2D eigenvalue weighted by atomic mass is 10.1. The number of methoxy groups -OCH3 is 1. The van der Waals surface area contributed by atoms with Gasteiger partial charge >= 0.3 is 0 Å². The lowest BCUT2D eigenvalue weighted by Crippen LogP contribution is -2.12. The topological polar surface area (TPSA) is 58.9 Å². The van der Waals surface area contributed by atoms with Gasteiger partial charge in [0.2, 0.25) is 23.7 Å². The number of hydrogen-bond donors (Lipinski definition) is 0. The number of pyridine rings is 1. The summed E-state index contributed by atoms with van der Waals surface area (Å²) >= 11 is 0. The summed E-state index contributed by atoms with van der Waals surface area (Å²) in [5, 5.41) is 1.06. The lowest BCUT2D eigenvalue weighted by Gasteiger charge is -2.18. The average molecular weight is 327 g/mol. The molecule has 124 valence electrons. The highest BCUT2D eigenvalue weighted by Crippen LogP contribution is 2.52. The van der Waals surface area contributed by atoms with Crippen molar-refractivity contribution in [1.82, 2.24) is 4.57 Å². The van der Waals surface area contributed by atoms with E-state index >= 15 is 0 Å². The molecule has 6 nitrogen and oxygen atoms in total. The number of nitrogens with zero attached hydrogens (tertiary/aromatic N) is 1. The van der Waals surface area contributed by atoms with Crippen molar-refractivity contribution in [2.24, 2.45) is 7.05 Å². The van der Waals surface area contributed by atoms with Crippen molar-refractivity contribution in [3.63, 3.8) is 0 Å². The van der Waals surface area contributed by atoms with Gasteiger partial charge in [-0.1, -0.05) is 12.1 Å². The van der Waals surface area contributed by atoms with Gasteiger partial charge in [0.15, 0.2) is 11.5 Å². The Morgan fingerprint density at radius 1 is 1.17 bits per heavy atom. The average Bonchev–Trinajstić information content (AvgIpc) is 3.08. The third-order valence-corrected chi connectivity index (χ3v) is 4.27. The summed E-state index contributed by atoms with van der Waals surface area (Å²) in [4.78, 5) is 13.2. The first kappa shape index (κ1) is 14.7. The molecule has 0 fully saturated rings. The molecular formula is C18H17NO5. The molecule has 4 rings (SSSR count). The number of para-hydroxylation sites is 1. The SMILES string of the molecule is CCOc1c(OC)c2c(c3c1c(=O)c1ccccc1n3C)OCO2. The fourth-order valence-electron chi connectivity index (χ4n) is 3.27. The second kappa shape index (κ2) is 5.33. The molecule has 0 bridgehead atoms. The molecule has 0 saturated heterocycles. The van der Waals surface area contributed by atoms with Crippen LogP contribution in [0.15, 0.2) is 29.1 Å². The highest BCUT2D eigenvalue weighted by atomic mass is 16.7. The normalized spacial score (nSPS) is 12.8.